The van der Waals surface area contributed by atoms with Gasteiger partial charge in [-0.2, -0.15) is 13.2 Å². The van der Waals surface area contributed by atoms with E-state index in [0.717, 1.165) is 6.07 Å². The van der Waals surface area contributed by atoms with Crippen LogP contribution in [0.1, 0.15) is 15.9 Å². The Balaban J connectivity index is 2.23. The molecule has 0 saturated carbocycles. The van der Waals surface area contributed by atoms with E-state index in [9.17, 15) is 22.4 Å². The Kier molecular flexibility index (Phi) is 5.48. The van der Waals surface area contributed by atoms with Crippen LogP contribution in [-0.4, -0.2) is 18.7 Å². The van der Waals surface area contributed by atoms with Crippen LogP contribution < -0.4 is 10.1 Å². The number of rotatable bonds is 4. The first-order chi connectivity index (χ1) is 11.2. The van der Waals surface area contributed by atoms with Gasteiger partial charge >= 0.3 is 6.18 Å². The lowest BCUT2D eigenvalue weighted by Crippen LogP contribution is -2.20. The molecule has 0 unspecified atom stereocenters. The van der Waals surface area contributed by atoms with E-state index in [1.54, 1.807) is 13.0 Å². The van der Waals surface area contributed by atoms with Gasteiger partial charge in [-0.05, 0) is 42.8 Å². The predicted molar refractivity (Wildman–Crippen MR) is 84.8 cm³/mol. The van der Waals surface area contributed by atoms with E-state index in [4.69, 9.17) is 4.74 Å². The van der Waals surface area contributed by atoms with Gasteiger partial charge in [0.2, 0.25) is 0 Å². The first kappa shape index (κ1) is 18.3. The highest BCUT2D eigenvalue weighted by molar-refractivity contribution is 9.10. The van der Waals surface area contributed by atoms with Crippen molar-refractivity contribution in [2.45, 2.75) is 13.1 Å². The number of carbonyl (C=O) groups excluding carboxylic acids is 1. The molecular weight excluding hydrogens is 394 g/mol. The number of alkyl halides is 3. The monoisotopic (exact) mass is 405 g/mol. The number of ether oxygens (including phenoxy) is 1. The summed E-state index contributed by atoms with van der Waals surface area (Å²) < 4.78 is 56.0. The summed E-state index contributed by atoms with van der Waals surface area (Å²) in [5, 5.41) is 2.36. The summed E-state index contributed by atoms with van der Waals surface area (Å²) in [5.41, 5.74) is 0.442. The quantitative estimate of drug-likeness (QED) is 0.719. The minimum atomic E-state index is -4.51. The zero-order valence-corrected chi connectivity index (χ0v) is 14.0. The molecule has 0 atom stereocenters. The van der Waals surface area contributed by atoms with Crippen LogP contribution in [0.15, 0.2) is 40.9 Å². The lowest BCUT2D eigenvalue weighted by atomic mass is 10.1. The highest BCUT2D eigenvalue weighted by Crippen LogP contribution is 2.28. The molecule has 0 bridgehead atoms. The third-order valence-electron chi connectivity index (χ3n) is 2.95. The second-order valence-corrected chi connectivity index (χ2v) is 5.90. The van der Waals surface area contributed by atoms with Gasteiger partial charge in [-0.25, -0.2) is 4.39 Å². The number of hydrogen-bond donors (Lipinski definition) is 1. The van der Waals surface area contributed by atoms with Gasteiger partial charge in [0.05, 0.1) is 11.3 Å². The van der Waals surface area contributed by atoms with Gasteiger partial charge in [0.25, 0.3) is 5.91 Å². The van der Waals surface area contributed by atoms with Gasteiger partial charge in [0.1, 0.15) is 11.6 Å². The summed E-state index contributed by atoms with van der Waals surface area (Å²) in [6.45, 7) is 0.173. The molecule has 0 saturated heterocycles. The fourth-order valence-corrected chi connectivity index (χ4v) is 2.21. The number of aryl methyl sites for hydroxylation is 1. The summed E-state index contributed by atoms with van der Waals surface area (Å²) in [5.74, 6) is -1.69. The van der Waals surface area contributed by atoms with E-state index >= 15 is 0 Å². The fourth-order valence-electron chi connectivity index (χ4n) is 1.88. The topological polar surface area (TPSA) is 38.3 Å². The Morgan fingerprint density at radius 1 is 1.21 bits per heavy atom. The van der Waals surface area contributed by atoms with Crippen molar-refractivity contribution in [1.29, 1.82) is 0 Å². The van der Waals surface area contributed by atoms with Crippen LogP contribution in [0.4, 0.5) is 23.2 Å². The number of halogens is 5. The molecule has 24 heavy (non-hydrogen) atoms. The van der Waals surface area contributed by atoms with E-state index in [-0.39, 0.29) is 17.0 Å². The largest absolute Gasteiger partial charge is 0.482 e. The SMILES string of the molecule is Cc1ccc(NC(=O)c2ccc(Br)cc2F)c(OCC(F)(F)F)c1. The molecule has 0 radical (unpaired) electrons. The lowest BCUT2D eigenvalue weighted by molar-refractivity contribution is -0.153. The predicted octanol–water partition coefficient (Wildman–Crippen LogP) is 5.09. The summed E-state index contributed by atoms with van der Waals surface area (Å²) in [6.07, 6.45) is -4.51. The van der Waals surface area contributed by atoms with Gasteiger partial charge in [-0.1, -0.05) is 22.0 Å². The molecular formula is C16H12BrF4NO2. The van der Waals surface area contributed by atoms with Crippen molar-refractivity contribution in [2.75, 3.05) is 11.9 Å². The van der Waals surface area contributed by atoms with E-state index in [2.05, 4.69) is 21.2 Å². The molecule has 0 aliphatic rings. The molecule has 2 rings (SSSR count). The maximum atomic E-state index is 13.8. The van der Waals surface area contributed by atoms with Crippen molar-refractivity contribution in [3.05, 3.63) is 57.8 Å². The molecule has 1 amide bonds. The number of amides is 1. The van der Waals surface area contributed by atoms with Crippen molar-refractivity contribution in [3.8, 4) is 5.75 Å². The molecule has 0 aromatic heterocycles. The second-order valence-electron chi connectivity index (χ2n) is 4.98. The number of nitrogens with one attached hydrogen (secondary N) is 1. The number of benzene rings is 2. The average Bonchev–Trinajstić information content (AvgIpc) is 2.46. The van der Waals surface area contributed by atoms with Gasteiger partial charge in [-0.3, -0.25) is 4.79 Å². The summed E-state index contributed by atoms with van der Waals surface area (Å²) in [6, 6.07) is 8.21. The van der Waals surface area contributed by atoms with E-state index in [1.165, 1.54) is 24.3 Å². The Hall–Kier alpha value is -2.09. The van der Waals surface area contributed by atoms with E-state index in [1.807, 2.05) is 0 Å². The molecule has 1 N–H and O–H groups in total. The first-order valence-electron chi connectivity index (χ1n) is 6.72. The van der Waals surface area contributed by atoms with E-state index < -0.39 is 24.5 Å². The molecule has 8 heteroatoms. The van der Waals surface area contributed by atoms with E-state index in [0.29, 0.717) is 10.0 Å². The maximum Gasteiger partial charge on any atom is 0.422 e. The van der Waals surface area contributed by atoms with Crippen molar-refractivity contribution in [3.63, 3.8) is 0 Å². The molecule has 0 heterocycles. The highest BCUT2D eigenvalue weighted by atomic mass is 79.9. The van der Waals surface area contributed by atoms with Crippen molar-refractivity contribution >= 4 is 27.5 Å². The molecule has 3 nitrogen and oxygen atoms in total. The maximum absolute atomic E-state index is 13.8. The normalized spacial score (nSPS) is 11.2. The van der Waals surface area contributed by atoms with Gasteiger partial charge in [0, 0.05) is 4.47 Å². The summed E-state index contributed by atoms with van der Waals surface area (Å²) in [7, 11) is 0. The van der Waals surface area contributed by atoms with Crippen LogP contribution in [0, 0.1) is 12.7 Å². The lowest BCUT2D eigenvalue weighted by Gasteiger charge is -2.15. The van der Waals surface area contributed by atoms with Crippen LogP contribution in [0.2, 0.25) is 0 Å². The van der Waals surface area contributed by atoms with Crippen LogP contribution in [0.25, 0.3) is 0 Å². The molecule has 0 spiro atoms. The first-order valence-corrected chi connectivity index (χ1v) is 7.51. The third kappa shape index (κ3) is 4.95. The molecule has 2 aromatic rings. The second kappa shape index (κ2) is 7.21. The minimum Gasteiger partial charge on any atom is -0.482 e. The van der Waals surface area contributed by atoms with Crippen molar-refractivity contribution in [2.24, 2.45) is 0 Å². The Morgan fingerprint density at radius 2 is 1.92 bits per heavy atom. The van der Waals surface area contributed by atoms with Gasteiger partial charge in [0.15, 0.2) is 6.61 Å². The fraction of sp³-hybridized carbons (Fsp3) is 0.188. The molecule has 2 aromatic carbocycles. The van der Waals surface area contributed by atoms with Gasteiger partial charge < -0.3 is 10.1 Å². The van der Waals surface area contributed by atoms with Crippen LogP contribution in [-0.2, 0) is 0 Å². The number of anilines is 1. The Morgan fingerprint density at radius 3 is 2.54 bits per heavy atom. The average molecular weight is 406 g/mol. The molecule has 128 valence electrons. The Labute approximate surface area is 143 Å². The van der Waals surface area contributed by atoms with Crippen LogP contribution in [0.3, 0.4) is 0 Å². The number of carbonyl (C=O) groups is 1. The Bertz CT molecular complexity index is 762. The zero-order valence-electron chi connectivity index (χ0n) is 12.4. The third-order valence-corrected chi connectivity index (χ3v) is 3.45. The zero-order chi connectivity index (χ0) is 17.9. The minimum absolute atomic E-state index is 0.0252. The summed E-state index contributed by atoms with van der Waals surface area (Å²) in [4.78, 5) is 12.1. The highest BCUT2D eigenvalue weighted by Gasteiger charge is 2.29. The molecule has 0 fully saturated rings. The van der Waals surface area contributed by atoms with Crippen LogP contribution in [0.5, 0.6) is 5.75 Å². The van der Waals surface area contributed by atoms with Crippen LogP contribution >= 0.6 is 15.9 Å². The standard InChI is InChI=1S/C16H12BrF4NO2/c1-9-2-5-13(14(6-9)24-8-16(19,20)21)22-15(23)11-4-3-10(17)7-12(11)18/h2-7H,8H2,1H3,(H,22,23). The smallest absolute Gasteiger partial charge is 0.422 e. The van der Waals surface area contributed by atoms with Crippen molar-refractivity contribution < 1.29 is 27.1 Å². The van der Waals surface area contributed by atoms with Gasteiger partial charge in [-0.15, -0.1) is 0 Å². The number of hydrogen-bond acceptors (Lipinski definition) is 2. The molecule has 0 aliphatic carbocycles. The molecule has 0 aliphatic heterocycles. The summed E-state index contributed by atoms with van der Waals surface area (Å²) >= 11 is 3.07. The van der Waals surface area contributed by atoms with Crippen molar-refractivity contribution in [1.82, 2.24) is 0 Å².